The third-order valence-electron chi connectivity index (χ3n) is 22.0. The number of aromatic nitrogens is 4. The lowest BCUT2D eigenvalue weighted by molar-refractivity contribution is 1.38. The van der Waals surface area contributed by atoms with Crippen LogP contribution in [0.25, 0.3) is 210 Å². The molecule has 522 valence electrons. The number of hydrogen-bond donors (Lipinski definition) is 0. The summed E-state index contributed by atoms with van der Waals surface area (Å²) >= 11 is 0. The molecule has 4 heteroatoms. The van der Waals surface area contributed by atoms with Crippen molar-refractivity contribution in [2.75, 3.05) is 0 Å². The first kappa shape index (κ1) is 66.6. The lowest BCUT2D eigenvalue weighted by atomic mass is 9.90. The summed E-state index contributed by atoms with van der Waals surface area (Å²) in [5, 5.41) is 11.6. The van der Waals surface area contributed by atoms with Gasteiger partial charge in [-0.2, -0.15) is 0 Å². The quantitative estimate of drug-likeness (QED) is 0.114. The molecule has 4 heterocycles. The molecule has 17 aromatic carbocycles. The molecule has 0 saturated carbocycles. The Morgan fingerprint density at radius 1 is 0.134 bits per heavy atom. The second-order valence-electron chi connectivity index (χ2n) is 28.7. The number of para-hydroxylation sites is 2. The van der Waals surface area contributed by atoms with Gasteiger partial charge in [0, 0.05) is 60.0 Å². The summed E-state index contributed by atoms with van der Waals surface area (Å²) in [5.41, 5.74) is 31.1. The Balaban J connectivity index is 0.000000146. The first-order chi connectivity index (χ1) is 55.5. The van der Waals surface area contributed by atoms with Crippen molar-refractivity contribution < 1.29 is 0 Å². The summed E-state index contributed by atoms with van der Waals surface area (Å²) in [6.07, 6.45) is 0. The zero-order valence-corrected chi connectivity index (χ0v) is 61.2. The third-order valence-corrected chi connectivity index (χ3v) is 22.0. The topological polar surface area (TPSA) is 51.6 Å². The minimum atomic E-state index is 0.933. The van der Waals surface area contributed by atoms with Gasteiger partial charge in [0.25, 0.3) is 0 Å². The Kier molecular flexibility index (Phi) is 17.3. The van der Waals surface area contributed by atoms with E-state index in [0.717, 1.165) is 122 Å². The molecule has 0 bridgehead atoms. The molecule has 0 unspecified atom stereocenters. The summed E-state index contributed by atoms with van der Waals surface area (Å²) in [5.74, 6) is 0. The van der Waals surface area contributed by atoms with E-state index >= 15 is 0 Å². The van der Waals surface area contributed by atoms with Crippen LogP contribution in [0.4, 0.5) is 0 Å². The van der Waals surface area contributed by atoms with E-state index in [0.29, 0.717) is 0 Å². The summed E-state index contributed by atoms with van der Waals surface area (Å²) in [6.45, 7) is 0. The molecule has 0 amide bonds. The van der Waals surface area contributed by atoms with Crippen LogP contribution in [0.5, 0.6) is 0 Å². The molecule has 0 aliphatic carbocycles. The predicted molar refractivity (Wildman–Crippen MR) is 472 cm³/mol. The van der Waals surface area contributed by atoms with Crippen LogP contribution in [-0.2, 0) is 0 Å². The SMILES string of the molecule is c1ccc(-c2ccc(-c3cc4c(-c5ccc(-c6ccccc6)cc5)cc(-c5ccc(-c6ccc7ccccc7n6)cc5)nc4c4ccccc34)cc2)cc1.c1ccc(-c2ccc(-c3cc4c(-c5ccc(-c6ccccc6)cc5)cc(-c5ccc(-c6nc7ccccc7c7ccccc67)cc5)nc4c4ccccc34)cc2)cc1. The Labute approximate surface area is 650 Å². The second-order valence-corrected chi connectivity index (χ2v) is 28.7. The van der Waals surface area contributed by atoms with Crippen molar-refractivity contribution in [3.63, 3.8) is 0 Å². The Morgan fingerprint density at radius 2 is 0.420 bits per heavy atom. The highest BCUT2D eigenvalue weighted by Gasteiger charge is 2.21. The predicted octanol–water partition coefficient (Wildman–Crippen LogP) is 29.0. The fourth-order valence-electron chi connectivity index (χ4n) is 16.2. The van der Waals surface area contributed by atoms with Crippen molar-refractivity contribution in [3.8, 4) is 134 Å². The smallest absolute Gasteiger partial charge is 0.0794 e. The van der Waals surface area contributed by atoms with Crippen molar-refractivity contribution in [1.82, 2.24) is 19.9 Å². The van der Waals surface area contributed by atoms with Gasteiger partial charge in [-0.1, -0.05) is 382 Å². The van der Waals surface area contributed by atoms with Gasteiger partial charge >= 0.3 is 0 Å². The van der Waals surface area contributed by atoms with Crippen LogP contribution in [0.15, 0.2) is 425 Å². The molecule has 4 aromatic heterocycles. The lowest BCUT2D eigenvalue weighted by Gasteiger charge is -2.16. The van der Waals surface area contributed by atoms with Gasteiger partial charge in [-0.15, -0.1) is 0 Å². The normalized spacial score (nSPS) is 11.4. The fourth-order valence-corrected chi connectivity index (χ4v) is 16.2. The number of hydrogen-bond acceptors (Lipinski definition) is 4. The van der Waals surface area contributed by atoms with Gasteiger partial charge in [-0.25, -0.2) is 19.9 Å². The zero-order valence-electron chi connectivity index (χ0n) is 61.2. The summed E-state index contributed by atoms with van der Waals surface area (Å²) in [4.78, 5) is 21.0. The van der Waals surface area contributed by atoms with E-state index in [-0.39, 0.29) is 0 Å². The molecular formula is C108H70N4. The van der Waals surface area contributed by atoms with Crippen molar-refractivity contribution in [3.05, 3.63) is 425 Å². The van der Waals surface area contributed by atoms with E-state index in [9.17, 15) is 0 Å². The Bertz CT molecular complexity index is 7070. The minimum absolute atomic E-state index is 0.933. The molecule has 0 atom stereocenters. The first-order valence-electron chi connectivity index (χ1n) is 38.2. The molecule has 0 N–H and O–H groups in total. The van der Waals surface area contributed by atoms with Gasteiger partial charge in [0.05, 0.1) is 44.8 Å². The van der Waals surface area contributed by atoms with Gasteiger partial charge in [-0.05, 0) is 148 Å². The van der Waals surface area contributed by atoms with E-state index in [4.69, 9.17) is 19.9 Å². The van der Waals surface area contributed by atoms with Crippen molar-refractivity contribution in [1.29, 1.82) is 0 Å². The molecule has 0 spiro atoms. The van der Waals surface area contributed by atoms with Crippen LogP contribution in [0.3, 0.4) is 0 Å². The largest absolute Gasteiger partial charge is 0.248 e. The highest BCUT2D eigenvalue weighted by atomic mass is 14.7. The summed E-state index contributed by atoms with van der Waals surface area (Å²) in [7, 11) is 0. The zero-order chi connectivity index (χ0) is 74.3. The maximum atomic E-state index is 5.49. The molecule has 0 aliphatic rings. The van der Waals surface area contributed by atoms with Crippen molar-refractivity contribution in [2.24, 2.45) is 0 Å². The Morgan fingerprint density at radius 3 is 0.830 bits per heavy atom. The van der Waals surface area contributed by atoms with E-state index in [2.05, 4.69) is 413 Å². The van der Waals surface area contributed by atoms with Crippen molar-refractivity contribution in [2.45, 2.75) is 0 Å². The average Bonchev–Trinajstić information content (AvgIpc) is 0.739. The third kappa shape index (κ3) is 12.8. The van der Waals surface area contributed by atoms with Gasteiger partial charge < -0.3 is 0 Å². The maximum Gasteiger partial charge on any atom is 0.0794 e. The van der Waals surface area contributed by atoms with Gasteiger partial charge in [0.1, 0.15) is 0 Å². The average molecular weight is 1420 g/mol. The van der Waals surface area contributed by atoms with Crippen LogP contribution in [0.2, 0.25) is 0 Å². The number of nitrogens with zero attached hydrogens (tertiary/aromatic N) is 4. The number of fused-ring (bicyclic) bond motifs is 10. The standard InChI is InChI=1S/C56H36N2.C52H34N2/c1-3-13-37(14-4-1)39-23-27-41(28-24-39)50-35-52-51(42-29-25-40(26-30-42)38-15-5-2-6-16-38)36-54(58-56(52)49-21-10-8-18-46(49)50)43-31-33-44(34-32-43)55-48-20-9-7-17-45(48)47-19-11-12-22-53(47)57-55;1-3-11-35(12-4-1)37-19-23-39(24-20-37)46-33-48-47(40-25-21-38(22-26-40)36-13-5-2-6-14-36)34-51(54-52(48)45-17-9-8-16-44(45)46)43-29-27-42(28-30-43)50-32-31-41-15-7-10-18-49(41)53-50/h1-36H;1-34H. The molecule has 21 rings (SSSR count). The molecule has 0 fully saturated rings. The van der Waals surface area contributed by atoms with E-state index in [1.54, 1.807) is 0 Å². The van der Waals surface area contributed by atoms with E-state index in [1.165, 1.54) is 88.3 Å². The van der Waals surface area contributed by atoms with Crippen LogP contribution in [0, 0.1) is 0 Å². The Hall–Kier alpha value is -14.8. The van der Waals surface area contributed by atoms with Crippen LogP contribution >= 0.6 is 0 Å². The first-order valence-corrected chi connectivity index (χ1v) is 38.2. The molecule has 0 saturated heterocycles. The highest BCUT2D eigenvalue weighted by Crippen LogP contribution is 2.45. The molecule has 0 radical (unpaired) electrons. The van der Waals surface area contributed by atoms with Crippen LogP contribution in [0.1, 0.15) is 0 Å². The second kappa shape index (κ2) is 29.0. The molecule has 112 heavy (non-hydrogen) atoms. The van der Waals surface area contributed by atoms with Crippen molar-refractivity contribution >= 4 is 75.9 Å². The van der Waals surface area contributed by atoms with Gasteiger partial charge in [0.2, 0.25) is 0 Å². The van der Waals surface area contributed by atoms with Crippen LogP contribution in [-0.4, -0.2) is 19.9 Å². The van der Waals surface area contributed by atoms with Crippen LogP contribution < -0.4 is 0 Å². The number of rotatable bonds is 12. The van der Waals surface area contributed by atoms with Gasteiger partial charge in [-0.3, -0.25) is 0 Å². The highest BCUT2D eigenvalue weighted by molar-refractivity contribution is 6.18. The van der Waals surface area contributed by atoms with Gasteiger partial charge in [0.15, 0.2) is 0 Å². The molecule has 4 nitrogen and oxygen atoms in total. The molecular weight excluding hydrogens is 1350 g/mol. The minimum Gasteiger partial charge on any atom is -0.248 e. The van der Waals surface area contributed by atoms with E-state index in [1.807, 2.05) is 12.1 Å². The summed E-state index contributed by atoms with van der Waals surface area (Å²) < 4.78 is 0. The monoisotopic (exact) mass is 1420 g/mol. The molecule has 21 aromatic rings. The van der Waals surface area contributed by atoms with E-state index < -0.39 is 0 Å². The number of benzene rings is 17. The summed E-state index contributed by atoms with van der Waals surface area (Å²) in [6, 6.07) is 152. The molecule has 0 aliphatic heterocycles. The number of pyridine rings is 4. The fraction of sp³-hybridized carbons (Fsp3) is 0. The maximum absolute atomic E-state index is 5.49. The lowest BCUT2D eigenvalue weighted by Crippen LogP contribution is -1.94.